The van der Waals surface area contributed by atoms with Gasteiger partial charge >= 0.3 is 0 Å². The zero-order chi connectivity index (χ0) is 15.0. The molecule has 0 radical (unpaired) electrons. The molecule has 4 heteroatoms. The fourth-order valence-corrected chi connectivity index (χ4v) is 3.87. The third-order valence-corrected chi connectivity index (χ3v) is 5.37. The van der Waals surface area contributed by atoms with E-state index < -0.39 is 9.84 Å². The Hall–Kier alpha value is -1.03. The van der Waals surface area contributed by atoms with Crippen molar-refractivity contribution in [2.75, 3.05) is 11.5 Å². The number of sulfone groups is 1. The molecule has 1 aromatic rings. The fraction of sp³-hybridized carbons (Fsp3) is 0.625. The van der Waals surface area contributed by atoms with Gasteiger partial charge in [0, 0.05) is 0 Å². The lowest BCUT2D eigenvalue weighted by Crippen LogP contribution is -2.09. The molecule has 0 saturated carbocycles. The number of anilines is 1. The summed E-state index contributed by atoms with van der Waals surface area (Å²) >= 11 is 0. The number of aryl methyl sites for hydroxylation is 1. The van der Waals surface area contributed by atoms with Crippen LogP contribution in [0.25, 0.3) is 0 Å². The van der Waals surface area contributed by atoms with Crippen molar-refractivity contribution in [2.24, 2.45) is 0 Å². The summed E-state index contributed by atoms with van der Waals surface area (Å²) in [5, 5.41) is 0. The molecule has 1 rings (SSSR count). The Balaban J connectivity index is 2.44. The second-order valence-electron chi connectivity index (χ2n) is 5.48. The molecule has 20 heavy (non-hydrogen) atoms. The quantitative estimate of drug-likeness (QED) is 0.551. The minimum Gasteiger partial charge on any atom is -0.398 e. The van der Waals surface area contributed by atoms with Crippen LogP contribution in [0.4, 0.5) is 5.69 Å². The van der Waals surface area contributed by atoms with Gasteiger partial charge in [-0.3, -0.25) is 0 Å². The van der Waals surface area contributed by atoms with Crippen molar-refractivity contribution in [3.63, 3.8) is 0 Å². The maximum absolute atomic E-state index is 12.3. The van der Waals surface area contributed by atoms with Gasteiger partial charge < -0.3 is 5.73 Å². The highest BCUT2D eigenvalue weighted by atomic mass is 32.2. The standard InChI is InChI=1S/C16H27NO2S/c1-3-4-5-6-7-8-9-12-20(18,19)16-13-14(2)10-11-15(16)17/h10-11,13H,3-9,12,17H2,1-2H3. The van der Waals surface area contributed by atoms with Crippen LogP contribution in [0, 0.1) is 6.92 Å². The van der Waals surface area contributed by atoms with Crippen LogP contribution >= 0.6 is 0 Å². The van der Waals surface area contributed by atoms with Crippen molar-refractivity contribution < 1.29 is 8.42 Å². The van der Waals surface area contributed by atoms with E-state index in [9.17, 15) is 8.42 Å². The summed E-state index contributed by atoms with van der Waals surface area (Å²) in [5.41, 5.74) is 7.07. The number of nitrogens with two attached hydrogens (primary N) is 1. The Morgan fingerprint density at radius 1 is 1.00 bits per heavy atom. The van der Waals surface area contributed by atoms with E-state index in [4.69, 9.17) is 5.73 Å². The molecule has 0 aliphatic carbocycles. The number of hydrogen-bond donors (Lipinski definition) is 1. The number of rotatable bonds is 9. The first kappa shape index (κ1) is 17.0. The molecular formula is C16H27NO2S. The van der Waals surface area contributed by atoms with Gasteiger partial charge in [-0.25, -0.2) is 8.42 Å². The molecule has 0 aliphatic rings. The predicted molar refractivity (Wildman–Crippen MR) is 85.6 cm³/mol. The van der Waals surface area contributed by atoms with Crippen molar-refractivity contribution in [3.05, 3.63) is 23.8 Å². The molecule has 0 fully saturated rings. The van der Waals surface area contributed by atoms with Gasteiger partial charge in [0.1, 0.15) is 0 Å². The first-order chi connectivity index (χ1) is 9.47. The molecule has 0 atom stereocenters. The summed E-state index contributed by atoms with van der Waals surface area (Å²) in [6, 6.07) is 5.18. The van der Waals surface area contributed by atoms with E-state index in [1.165, 1.54) is 25.7 Å². The largest absolute Gasteiger partial charge is 0.398 e. The average molecular weight is 297 g/mol. The molecule has 0 spiro atoms. The molecule has 0 bridgehead atoms. The van der Waals surface area contributed by atoms with Crippen LogP contribution in [0.1, 0.15) is 57.4 Å². The molecule has 0 amide bonds. The third kappa shape index (κ3) is 5.53. The van der Waals surface area contributed by atoms with Crippen LogP contribution in [0.3, 0.4) is 0 Å². The first-order valence-electron chi connectivity index (χ1n) is 7.56. The van der Waals surface area contributed by atoms with E-state index in [-0.39, 0.29) is 5.75 Å². The van der Waals surface area contributed by atoms with Crippen molar-refractivity contribution in [2.45, 2.75) is 63.7 Å². The van der Waals surface area contributed by atoms with Crippen molar-refractivity contribution >= 4 is 15.5 Å². The molecule has 1 aromatic carbocycles. The molecule has 0 heterocycles. The zero-order valence-electron chi connectivity index (χ0n) is 12.7. The van der Waals surface area contributed by atoms with Gasteiger partial charge in [0.2, 0.25) is 0 Å². The normalized spacial score (nSPS) is 11.7. The van der Waals surface area contributed by atoms with E-state index in [1.54, 1.807) is 12.1 Å². The molecule has 0 unspecified atom stereocenters. The smallest absolute Gasteiger partial charge is 0.180 e. The minimum absolute atomic E-state index is 0.203. The maximum atomic E-state index is 12.3. The van der Waals surface area contributed by atoms with E-state index in [2.05, 4.69) is 6.92 Å². The van der Waals surface area contributed by atoms with E-state index >= 15 is 0 Å². The highest BCUT2D eigenvalue weighted by molar-refractivity contribution is 7.91. The summed E-state index contributed by atoms with van der Waals surface area (Å²) in [5.74, 6) is 0.203. The number of hydrogen-bond acceptors (Lipinski definition) is 3. The highest BCUT2D eigenvalue weighted by Crippen LogP contribution is 2.22. The second-order valence-corrected chi connectivity index (χ2v) is 7.56. The number of benzene rings is 1. The predicted octanol–water partition coefficient (Wildman–Crippen LogP) is 4.10. The van der Waals surface area contributed by atoms with Crippen molar-refractivity contribution in [1.82, 2.24) is 0 Å². The molecule has 2 N–H and O–H groups in total. The monoisotopic (exact) mass is 297 g/mol. The molecular weight excluding hydrogens is 270 g/mol. The summed E-state index contributed by atoms with van der Waals surface area (Å²) in [7, 11) is -3.24. The molecule has 3 nitrogen and oxygen atoms in total. The molecule has 0 saturated heterocycles. The topological polar surface area (TPSA) is 60.2 Å². The van der Waals surface area contributed by atoms with Crippen molar-refractivity contribution in [3.8, 4) is 0 Å². The summed E-state index contributed by atoms with van der Waals surface area (Å²) in [4.78, 5) is 0.295. The first-order valence-corrected chi connectivity index (χ1v) is 9.21. The summed E-state index contributed by atoms with van der Waals surface area (Å²) in [6.07, 6.45) is 7.81. The maximum Gasteiger partial charge on any atom is 0.180 e. The van der Waals surface area contributed by atoms with Gasteiger partial charge in [0.25, 0.3) is 0 Å². The zero-order valence-corrected chi connectivity index (χ0v) is 13.5. The number of unbranched alkanes of at least 4 members (excludes halogenated alkanes) is 6. The number of nitrogen functional groups attached to an aromatic ring is 1. The van der Waals surface area contributed by atoms with Gasteiger partial charge in [-0.1, -0.05) is 51.5 Å². The Kier molecular flexibility index (Phi) is 7.06. The second kappa shape index (κ2) is 8.30. The van der Waals surface area contributed by atoms with E-state index in [0.717, 1.165) is 24.8 Å². The van der Waals surface area contributed by atoms with Crippen LogP contribution in [-0.4, -0.2) is 14.2 Å². The molecule has 0 aromatic heterocycles. The van der Waals surface area contributed by atoms with Crippen LogP contribution in [0.15, 0.2) is 23.1 Å². The van der Waals surface area contributed by atoms with Gasteiger partial charge in [-0.2, -0.15) is 0 Å². The Morgan fingerprint density at radius 3 is 2.25 bits per heavy atom. The van der Waals surface area contributed by atoms with Crippen LogP contribution in [0.5, 0.6) is 0 Å². The van der Waals surface area contributed by atoms with E-state index in [1.807, 2.05) is 13.0 Å². The lowest BCUT2D eigenvalue weighted by Gasteiger charge is -2.08. The van der Waals surface area contributed by atoms with Gasteiger partial charge in [-0.05, 0) is 31.0 Å². The average Bonchev–Trinajstić information content (AvgIpc) is 2.40. The van der Waals surface area contributed by atoms with Crippen LogP contribution in [0.2, 0.25) is 0 Å². The Morgan fingerprint density at radius 2 is 1.60 bits per heavy atom. The van der Waals surface area contributed by atoms with Gasteiger partial charge in [0.15, 0.2) is 9.84 Å². The Bertz CT molecular complexity index is 509. The van der Waals surface area contributed by atoms with Crippen LogP contribution < -0.4 is 5.73 Å². The van der Waals surface area contributed by atoms with Gasteiger partial charge in [-0.15, -0.1) is 0 Å². The SMILES string of the molecule is CCCCCCCCCS(=O)(=O)c1cc(C)ccc1N. The lowest BCUT2D eigenvalue weighted by atomic mass is 10.1. The van der Waals surface area contributed by atoms with Crippen molar-refractivity contribution in [1.29, 1.82) is 0 Å². The Labute approximate surface area is 123 Å². The fourth-order valence-electron chi connectivity index (χ4n) is 2.27. The van der Waals surface area contributed by atoms with E-state index in [0.29, 0.717) is 10.6 Å². The lowest BCUT2D eigenvalue weighted by molar-refractivity contribution is 0.579. The van der Waals surface area contributed by atoms with Crippen LogP contribution in [-0.2, 0) is 9.84 Å². The third-order valence-electron chi connectivity index (χ3n) is 3.52. The van der Waals surface area contributed by atoms with Gasteiger partial charge in [0.05, 0.1) is 16.3 Å². The minimum atomic E-state index is -3.24. The summed E-state index contributed by atoms with van der Waals surface area (Å²) < 4.78 is 24.5. The summed E-state index contributed by atoms with van der Waals surface area (Å²) in [6.45, 7) is 4.07. The molecule has 114 valence electrons. The highest BCUT2D eigenvalue weighted by Gasteiger charge is 2.17. The molecule has 0 aliphatic heterocycles.